The summed E-state index contributed by atoms with van der Waals surface area (Å²) >= 11 is 0. The highest BCUT2D eigenvalue weighted by Gasteiger charge is 2.22. The lowest BCUT2D eigenvalue weighted by atomic mass is 10.1. The van der Waals surface area contributed by atoms with Gasteiger partial charge in [0, 0.05) is 65.4 Å². The summed E-state index contributed by atoms with van der Waals surface area (Å²) in [6.07, 6.45) is 33.7. The first-order valence-corrected chi connectivity index (χ1v) is 24.6. The van der Waals surface area contributed by atoms with Gasteiger partial charge in [0.1, 0.15) is 0 Å². The average Bonchev–Trinajstić information content (AvgIpc) is 4.06. The molecule has 58 heavy (non-hydrogen) atoms. The van der Waals surface area contributed by atoms with E-state index < -0.39 is 0 Å². The molecule has 3 fully saturated rings. The van der Waals surface area contributed by atoms with Crippen LogP contribution in [0.4, 0.5) is 4.79 Å². The molecule has 2 amide bonds. The van der Waals surface area contributed by atoms with Crippen LogP contribution in [0, 0.1) is 17.8 Å². The molecule has 3 saturated carbocycles. The Labute approximate surface area is 355 Å². The molecular formula is C46H91N11O. The molecule has 12 heteroatoms. The molecule has 0 aromatic rings. The van der Waals surface area contributed by atoms with Gasteiger partial charge in [-0.3, -0.25) is 15.0 Å². The van der Waals surface area contributed by atoms with Crippen LogP contribution in [0.2, 0.25) is 0 Å². The molecule has 0 aromatic carbocycles. The molecule has 9 N–H and O–H groups in total. The lowest BCUT2D eigenvalue weighted by molar-refractivity contribution is 0.148. The zero-order chi connectivity index (χ0) is 41.3. The zero-order valence-corrected chi connectivity index (χ0v) is 37.5. The minimum Gasteiger partial charge on any atom is -0.370 e. The number of hydrogen-bond donors (Lipinski definition) is 6. The fraction of sp³-hybridized carbons (Fsp3) is 0.913. The summed E-state index contributed by atoms with van der Waals surface area (Å²) in [5, 5.41) is 9.84. The predicted molar refractivity (Wildman–Crippen MR) is 247 cm³/mol. The molecule has 3 rings (SSSR count). The van der Waals surface area contributed by atoms with Crippen molar-refractivity contribution < 1.29 is 4.79 Å². The molecule has 0 spiro atoms. The number of nitrogens with one attached hydrogen (secondary N) is 3. The van der Waals surface area contributed by atoms with E-state index in [1.165, 1.54) is 135 Å². The maximum atomic E-state index is 14.2. The van der Waals surface area contributed by atoms with Gasteiger partial charge in [-0.1, -0.05) is 103 Å². The van der Waals surface area contributed by atoms with Crippen molar-refractivity contribution in [3.05, 3.63) is 0 Å². The van der Waals surface area contributed by atoms with E-state index in [1.54, 1.807) is 0 Å². The van der Waals surface area contributed by atoms with Gasteiger partial charge in [-0.15, -0.1) is 0 Å². The Kier molecular flexibility index (Phi) is 28.0. The van der Waals surface area contributed by atoms with Gasteiger partial charge in [-0.25, -0.2) is 4.79 Å². The number of nitrogens with two attached hydrogens (primary N) is 3. The number of carbonyl (C=O) groups excluding carboxylic acids is 1. The van der Waals surface area contributed by atoms with E-state index in [0.29, 0.717) is 17.9 Å². The first kappa shape index (κ1) is 49.4. The summed E-state index contributed by atoms with van der Waals surface area (Å²) in [6, 6.07) is 0.280. The summed E-state index contributed by atoms with van der Waals surface area (Å²) in [7, 11) is 0. The number of rotatable bonds is 38. The van der Waals surface area contributed by atoms with Crippen molar-refractivity contribution in [3.63, 3.8) is 0 Å². The van der Waals surface area contributed by atoms with E-state index in [-0.39, 0.29) is 6.03 Å². The third-order valence-electron chi connectivity index (χ3n) is 12.0. The molecule has 0 heterocycles. The Morgan fingerprint density at radius 3 is 0.966 bits per heavy atom. The topological polar surface area (TPSA) is 175 Å². The molecule has 3 aliphatic rings. The van der Waals surface area contributed by atoms with Crippen LogP contribution in [0.25, 0.3) is 0 Å². The normalized spacial score (nSPS) is 16.1. The smallest absolute Gasteiger partial charge is 0.319 e. The Balaban J connectivity index is 1.34. The second-order valence-corrected chi connectivity index (χ2v) is 18.0. The number of unbranched alkanes of at least 4 members (excludes halogenated alkanes) is 18. The van der Waals surface area contributed by atoms with Crippen molar-refractivity contribution in [2.45, 2.75) is 187 Å². The SMILES string of the molecule is CCCCCCN(CCCCCCCCNC(N)=NCC1CC1)C(=O)N(CCCCCCCCNC(N)=NCC1CC1)CCCCCCCCNC(N)=NCC1CC1. The maximum Gasteiger partial charge on any atom is 0.319 e. The van der Waals surface area contributed by atoms with Crippen LogP contribution in [0.3, 0.4) is 0 Å². The Hall–Kier alpha value is -2.92. The van der Waals surface area contributed by atoms with Gasteiger partial charge in [0.05, 0.1) is 0 Å². The Morgan fingerprint density at radius 1 is 0.431 bits per heavy atom. The highest BCUT2D eigenvalue weighted by molar-refractivity contribution is 5.78. The van der Waals surface area contributed by atoms with Crippen molar-refractivity contribution in [2.75, 3.05) is 65.4 Å². The summed E-state index contributed by atoms with van der Waals surface area (Å²) in [4.78, 5) is 32.0. The van der Waals surface area contributed by atoms with E-state index in [2.05, 4.69) is 47.7 Å². The molecule has 3 aliphatic carbocycles. The summed E-state index contributed by atoms with van der Waals surface area (Å²) in [6.45, 7) is 11.1. The van der Waals surface area contributed by atoms with Crippen molar-refractivity contribution in [1.29, 1.82) is 0 Å². The fourth-order valence-electron chi connectivity index (χ4n) is 7.34. The molecule has 0 atom stereocenters. The van der Waals surface area contributed by atoms with Crippen LogP contribution >= 0.6 is 0 Å². The second-order valence-electron chi connectivity index (χ2n) is 18.0. The van der Waals surface area contributed by atoms with Crippen molar-refractivity contribution >= 4 is 23.9 Å². The highest BCUT2D eigenvalue weighted by Crippen LogP contribution is 2.29. The van der Waals surface area contributed by atoms with E-state index in [9.17, 15) is 4.79 Å². The highest BCUT2D eigenvalue weighted by atomic mass is 16.2. The van der Waals surface area contributed by atoms with Gasteiger partial charge in [-0.05, 0) is 101 Å². The van der Waals surface area contributed by atoms with Gasteiger partial charge >= 0.3 is 6.03 Å². The number of nitrogens with zero attached hydrogens (tertiary/aromatic N) is 5. The standard InChI is InChI=1S/C46H91N11O/c1-2-3-4-20-33-56(34-21-14-8-5-11-17-30-50-43(47)53-37-40-24-25-40)46(58)57(35-22-15-9-6-12-18-31-51-44(48)54-38-41-26-27-41)36-23-16-10-7-13-19-32-52-45(49)55-39-42-28-29-42/h40-42H,2-39H2,1H3,(H3,47,50,53)(H3,48,51,54)(H3,49,52,55). The van der Waals surface area contributed by atoms with Crippen LogP contribution in [0.1, 0.15) is 187 Å². The number of hydrogen-bond acceptors (Lipinski definition) is 4. The quantitative estimate of drug-likeness (QED) is 0.0207. The summed E-state index contributed by atoms with van der Waals surface area (Å²) < 4.78 is 0. The Bertz CT molecular complexity index is 1070. The van der Waals surface area contributed by atoms with E-state index >= 15 is 0 Å². The fourth-order valence-corrected chi connectivity index (χ4v) is 7.34. The number of urea groups is 1. The molecule has 0 aliphatic heterocycles. The molecule has 0 saturated heterocycles. The minimum absolute atomic E-state index is 0.280. The number of carbonyl (C=O) groups is 1. The third kappa shape index (κ3) is 28.5. The first-order chi connectivity index (χ1) is 28.4. The van der Waals surface area contributed by atoms with Gasteiger partial charge in [0.2, 0.25) is 0 Å². The monoisotopic (exact) mass is 814 g/mol. The van der Waals surface area contributed by atoms with Crippen LogP contribution in [-0.4, -0.2) is 99.2 Å². The van der Waals surface area contributed by atoms with Crippen LogP contribution < -0.4 is 33.2 Å². The Morgan fingerprint density at radius 2 is 0.690 bits per heavy atom. The summed E-state index contributed by atoms with van der Waals surface area (Å²) in [5.41, 5.74) is 18.0. The molecule has 0 aromatic heterocycles. The number of guanidine groups is 3. The van der Waals surface area contributed by atoms with Gasteiger partial charge in [-0.2, -0.15) is 0 Å². The molecule has 0 radical (unpaired) electrons. The molecule has 0 unspecified atom stereocenters. The maximum absolute atomic E-state index is 14.2. The van der Waals surface area contributed by atoms with Gasteiger partial charge in [0.15, 0.2) is 17.9 Å². The van der Waals surface area contributed by atoms with Crippen LogP contribution in [0.15, 0.2) is 15.0 Å². The molecular weight excluding hydrogens is 723 g/mol. The van der Waals surface area contributed by atoms with E-state index in [0.717, 1.165) is 128 Å². The zero-order valence-electron chi connectivity index (χ0n) is 37.5. The van der Waals surface area contributed by atoms with Crippen molar-refractivity contribution in [2.24, 2.45) is 49.9 Å². The third-order valence-corrected chi connectivity index (χ3v) is 12.0. The molecule has 336 valence electrons. The number of amides is 2. The largest absolute Gasteiger partial charge is 0.370 e. The van der Waals surface area contributed by atoms with E-state index in [4.69, 9.17) is 17.2 Å². The van der Waals surface area contributed by atoms with E-state index in [1.807, 2.05) is 0 Å². The molecule has 12 nitrogen and oxygen atoms in total. The lowest BCUT2D eigenvalue weighted by Gasteiger charge is -2.31. The average molecular weight is 814 g/mol. The van der Waals surface area contributed by atoms with Crippen molar-refractivity contribution in [1.82, 2.24) is 25.8 Å². The minimum atomic E-state index is 0.280. The number of aliphatic imine (C=N–C) groups is 3. The van der Waals surface area contributed by atoms with Gasteiger partial charge < -0.3 is 43.0 Å². The van der Waals surface area contributed by atoms with Crippen LogP contribution in [-0.2, 0) is 0 Å². The summed E-state index contributed by atoms with van der Waals surface area (Å²) in [5.74, 6) is 4.13. The van der Waals surface area contributed by atoms with Crippen molar-refractivity contribution in [3.8, 4) is 0 Å². The predicted octanol–water partition coefficient (Wildman–Crippen LogP) is 8.26. The van der Waals surface area contributed by atoms with Crippen LogP contribution in [0.5, 0.6) is 0 Å². The first-order valence-electron chi connectivity index (χ1n) is 24.6. The lowest BCUT2D eigenvalue weighted by Crippen LogP contribution is -2.45. The van der Waals surface area contributed by atoms with Gasteiger partial charge in [0.25, 0.3) is 0 Å². The molecule has 0 bridgehead atoms. The second kappa shape index (κ2) is 32.9.